The molecule has 3 aromatic rings. The summed E-state index contributed by atoms with van der Waals surface area (Å²) in [5.41, 5.74) is 0.364. The maximum absolute atomic E-state index is 12.7. The highest BCUT2D eigenvalue weighted by molar-refractivity contribution is 7.92. The van der Waals surface area contributed by atoms with Crippen molar-refractivity contribution in [1.82, 2.24) is 0 Å². The highest BCUT2D eigenvalue weighted by Gasteiger charge is 2.19. The van der Waals surface area contributed by atoms with Crippen molar-refractivity contribution < 1.29 is 17.9 Å². The number of para-hydroxylation sites is 1. The maximum Gasteiger partial charge on any atom is 0.340 e. The summed E-state index contributed by atoms with van der Waals surface area (Å²) in [6, 6.07) is 18.8. The Morgan fingerprint density at radius 1 is 0.960 bits per heavy atom. The minimum Gasteiger partial charge on any atom is -0.462 e. The molecule has 0 aliphatic rings. The van der Waals surface area contributed by atoms with E-state index in [0.29, 0.717) is 0 Å². The monoisotopic (exact) mass is 355 g/mol. The van der Waals surface area contributed by atoms with Gasteiger partial charge in [0.2, 0.25) is 0 Å². The molecule has 0 aliphatic heterocycles. The summed E-state index contributed by atoms with van der Waals surface area (Å²) in [4.78, 5) is 12.1. The van der Waals surface area contributed by atoms with Gasteiger partial charge in [-0.05, 0) is 42.0 Å². The Bertz CT molecular complexity index is 1030. The predicted molar refractivity (Wildman–Crippen MR) is 97.2 cm³/mol. The average Bonchev–Trinajstić information content (AvgIpc) is 2.61. The van der Waals surface area contributed by atoms with Gasteiger partial charge in [0.15, 0.2) is 0 Å². The van der Waals surface area contributed by atoms with Gasteiger partial charge in [0, 0.05) is 0 Å². The van der Waals surface area contributed by atoms with Crippen LogP contribution in [-0.4, -0.2) is 21.0 Å². The Balaban J connectivity index is 1.97. The van der Waals surface area contributed by atoms with Crippen molar-refractivity contribution >= 4 is 32.5 Å². The molecular formula is C19H17NO4S. The van der Waals surface area contributed by atoms with Crippen molar-refractivity contribution in [2.75, 3.05) is 11.3 Å². The zero-order valence-electron chi connectivity index (χ0n) is 13.6. The van der Waals surface area contributed by atoms with Gasteiger partial charge >= 0.3 is 5.97 Å². The van der Waals surface area contributed by atoms with E-state index in [1.807, 2.05) is 24.3 Å². The topological polar surface area (TPSA) is 72.5 Å². The van der Waals surface area contributed by atoms with Crippen LogP contribution >= 0.6 is 0 Å². The summed E-state index contributed by atoms with van der Waals surface area (Å²) in [5, 5.41) is 1.78. The van der Waals surface area contributed by atoms with E-state index < -0.39 is 16.0 Å². The number of esters is 1. The Kier molecular flexibility index (Phi) is 4.72. The van der Waals surface area contributed by atoms with E-state index in [9.17, 15) is 13.2 Å². The molecule has 5 nitrogen and oxygen atoms in total. The van der Waals surface area contributed by atoms with Crippen LogP contribution in [0.3, 0.4) is 0 Å². The molecule has 0 atom stereocenters. The predicted octanol–water partition coefficient (Wildman–Crippen LogP) is 3.82. The number of sulfonamides is 1. The fraction of sp³-hybridized carbons (Fsp3) is 0.105. The molecule has 0 fully saturated rings. The minimum absolute atomic E-state index is 0.130. The zero-order chi connectivity index (χ0) is 17.9. The molecule has 1 N–H and O–H groups in total. The average molecular weight is 355 g/mol. The molecule has 0 aromatic heterocycles. The molecule has 0 aliphatic carbocycles. The second kappa shape index (κ2) is 6.94. The lowest BCUT2D eigenvalue weighted by molar-refractivity contribution is 0.0527. The van der Waals surface area contributed by atoms with Gasteiger partial charge < -0.3 is 4.74 Å². The van der Waals surface area contributed by atoms with Crippen LogP contribution in [0.15, 0.2) is 71.6 Å². The zero-order valence-corrected chi connectivity index (χ0v) is 14.4. The van der Waals surface area contributed by atoms with Crippen molar-refractivity contribution in [2.24, 2.45) is 0 Å². The number of carbonyl (C=O) groups is 1. The van der Waals surface area contributed by atoms with E-state index in [1.165, 1.54) is 18.2 Å². The number of anilines is 1. The van der Waals surface area contributed by atoms with Crippen molar-refractivity contribution in [3.63, 3.8) is 0 Å². The van der Waals surface area contributed by atoms with Gasteiger partial charge in [-0.2, -0.15) is 0 Å². The summed E-state index contributed by atoms with van der Waals surface area (Å²) in [5.74, 6) is -0.570. The standard InChI is InChI=1S/C19H17NO4S/c1-2-24-19(21)17-9-5-6-10-18(17)20-25(22,23)16-12-11-14-7-3-4-8-15(14)13-16/h3-13,20H,2H2,1H3. The molecule has 0 radical (unpaired) electrons. The third-order valence-corrected chi connectivity index (χ3v) is 5.06. The van der Waals surface area contributed by atoms with Crippen molar-refractivity contribution in [3.8, 4) is 0 Å². The molecule has 6 heteroatoms. The van der Waals surface area contributed by atoms with Gasteiger partial charge in [0.25, 0.3) is 10.0 Å². The molecule has 0 unspecified atom stereocenters. The fourth-order valence-electron chi connectivity index (χ4n) is 2.50. The van der Waals surface area contributed by atoms with E-state index in [0.717, 1.165) is 10.8 Å². The first kappa shape index (κ1) is 17.0. The molecule has 25 heavy (non-hydrogen) atoms. The summed E-state index contributed by atoms with van der Waals surface area (Å²) >= 11 is 0. The molecule has 128 valence electrons. The Hall–Kier alpha value is -2.86. The number of hydrogen-bond donors (Lipinski definition) is 1. The molecule has 0 saturated carbocycles. The summed E-state index contributed by atoms with van der Waals surface area (Å²) in [6.07, 6.45) is 0. The molecule has 3 aromatic carbocycles. The van der Waals surface area contributed by atoms with E-state index >= 15 is 0 Å². The molecule has 0 saturated heterocycles. The van der Waals surface area contributed by atoms with Crippen molar-refractivity contribution in [3.05, 3.63) is 72.3 Å². The van der Waals surface area contributed by atoms with Gasteiger partial charge in [-0.15, -0.1) is 0 Å². The molecule has 0 bridgehead atoms. The van der Waals surface area contributed by atoms with Crippen LogP contribution < -0.4 is 4.72 Å². The second-order valence-corrected chi connectivity index (χ2v) is 7.06. The molecule has 3 rings (SSSR count). The number of hydrogen-bond acceptors (Lipinski definition) is 4. The summed E-state index contributed by atoms with van der Waals surface area (Å²) in [7, 11) is -3.83. The maximum atomic E-state index is 12.7. The number of carbonyl (C=O) groups excluding carboxylic acids is 1. The Morgan fingerprint density at radius 3 is 2.40 bits per heavy atom. The van der Waals surface area contributed by atoms with Crippen LogP contribution in [0, 0.1) is 0 Å². The fourth-order valence-corrected chi connectivity index (χ4v) is 3.61. The van der Waals surface area contributed by atoms with Gasteiger partial charge in [-0.3, -0.25) is 4.72 Å². The lowest BCUT2D eigenvalue weighted by Crippen LogP contribution is -2.16. The van der Waals surface area contributed by atoms with E-state index in [-0.39, 0.29) is 22.8 Å². The largest absolute Gasteiger partial charge is 0.462 e. The van der Waals surface area contributed by atoms with Crippen LogP contribution in [0.1, 0.15) is 17.3 Å². The highest BCUT2D eigenvalue weighted by atomic mass is 32.2. The summed E-state index contributed by atoms with van der Waals surface area (Å²) < 4.78 is 32.9. The number of benzene rings is 3. The van der Waals surface area contributed by atoms with Crippen LogP contribution in [0.4, 0.5) is 5.69 Å². The van der Waals surface area contributed by atoms with Crippen LogP contribution in [-0.2, 0) is 14.8 Å². The van der Waals surface area contributed by atoms with E-state index in [1.54, 1.807) is 31.2 Å². The minimum atomic E-state index is -3.83. The lowest BCUT2D eigenvalue weighted by Gasteiger charge is -2.12. The number of rotatable bonds is 5. The van der Waals surface area contributed by atoms with Crippen molar-refractivity contribution in [1.29, 1.82) is 0 Å². The smallest absolute Gasteiger partial charge is 0.340 e. The SMILES string of the molecule is CCOC(=O)c1ccccc1NS(=O)(=O)c1ccc2ccccc2c1. The second-order valence-electron chi connectivity index (χ2n) is 5.38. The van der Waals surface area contributed by atoms with Crippen molar-refractivity contribution in [2.45, 2.75) is 11.8 Å². The summed E-state index contributed by atoms with van der Waals surface area (Å²) in [6.45, 7) is 1.91. The first-order valence-corrected chi connectivity index (χ1v) is 9.27. The first-order valence-electron chi connectivity index (χ1n) is 7.79. The quantitative estimate of drug-likeness (QED) is 0.706. The van der Waals surface area contributed by atoms with Gasteiger partial charge in [0.05, 0.1) is 22.8 Å². The number of fused-ring (bicyclic) bond motifs is 1. The molecule has 0 spiro atoms. The van der Waals surface area contributed by atoms with Crippen LogP contribution in [0.5, 0.6) is 0 Å². The molecule has 0 amide bonds. The number of ether oxygens (including phenoxy) is 1. The van der Waals surface area contributed by atoms with Crippen LogP contribution in [0.25, 0.3) is 10.8 Å². The third kappa shape index (κ3) is 3.64. The highest BCUT2D eigenvalue weighted by Crippen LogP contribution is 2.23. The normalized spacial score (nSPS) is 11.2. The van der Waals surface area contributed by atoms with Crippen LogP contribution in [0.2, 0.25) is 0 Å². The molecular weight excluding hydrogens is 338 g/mol. The number of nitrogens with one attached hydrogen (secondary N) is 1. The van der Waals surface area contributed by atoms with Gasteiger partial charge in [-0.25, -0.2) is 13.2 Å². The van der Waals surface area contributed by atoms with Gasteiger partial charge in [-0.1, -0.05) is 42.5 Å². The Labute approximate surface area is 146 Å². The van der Waals surface area contributed by atoms with E-state index in [2.05, 4.69) is 4.72 Å². The van der Waals surface area contributed by atoms with Gasteiger partial charge in [0.1, 0.15) is 0 Å². The lowest BCUT2D eigenvalue weighted by atomic mass is 10.1. The molecule has 0 heterocycles. The Morgan fingerprint density at radius 2 is 1.64 bits per heavy atom. The first-order chi connectivity index (χ1) is 12.0. The van der Waals surface area contributed by atoms with E-state index in [4.69, 9.17) is 4.74 Å². The third-order valence-electron chi connectivity index (χ3n) is 3.70.